The summed E-state index contributed by atoms with van der Waals surface area (Å²) in [4.78, 5) is 35.2. The van der Waals surface area contributed by atoms with Gasteiger partial charge in [0.25, 0.3) is 5.56 Å². The van der Waals surface area contributed by atoms with E-state index in [0.29, 0.717) is 30.1 Å². The van der Waals surface area contributed by atoms with Gasteiger partial charge in [-0.05, 0) is 25.0 Å². The van der Waals surface area contributed by atoms with E-state index in [-0.39, 0.29) is 10.3 Å². The van der Waals surface area contributed by atoms with Crippen molar-refractivity contribution in [2.45, 2.75) is 25.1 Å². The third kappa shape index (κ3) is 3.44. The number of aromatic amines is 1. The van der Waals surface area contributed by atoms with Crippen LogP contribution in [0.1, 0.15) is 29.7 Å². The Morgan fingerprint density at radius 3 is 2.71 bits per heavy atom. The minimum atomic E-state index is -4.77. The second kappa shape index (κ2) is 6.89. The molecule has 0 aliphatic carbocycles. The molecule has 3 aromatic rings. The van der Waals surface area contributed by atoms with Gasteiger partial charge in [0.05, 0.1) is 6.04 Å². The van der Waals surface area contributed by atoms with Crippen LogP contribution in [-0.4, -0.2) is 32.5 Å². The van der Waals surface area contributed by atoms with E-state index in [0.717, 1.165) is 11.3 Å². The number of ether oxygens (including phenoxy) is 1. The molecular weight excluding hydrogens is 397 g/mol. The second-order valence-electron chi connectivity index (χ2n) is 6.15. The Kier molecular flexibility index (Phi) is 4.53. The first-order chi connectivity index (χ1) is 13.3. The summed E-state index contributed by atoms with van der Waals surface area (Å²) in [7, 11) is 0. The topological polar surface area (TPSA) is 88.2 Å². The quantitative estimate of drug-likeness (QED) is 0.696. The molecule has 1 aliphatic heterocycles. The van der Waals surface area contributed by atoms with Gasteiger partial charge in [0.15, 0.2) is 10.3 Å². The number of hydrogen-bond acceptors (Lipinski definition) is 6. The average molecular weight is 410 g/mol. The SMILES string of the molecule is O=C(Oc1ccccc1)N1CCC[C@@H]1c1nc2c(=O)[nH]c(C(F)(F)F)nc2s1. The molecule has 146 valence electrons. The lowest BCUT2D eigenvalue weighted by Gasteiger charge is -2.22. The highest BCUT2D eigenvalue weighted by molar-refractivity contribution is 7.18. The molecule has 0 saturated carbocycles. The lowest BCUT2D eigenvalue weighted by atomic mass is 10.2. The van der Waals surface area contributed by atoms with E-state index in [1.807, 2.05) is 0 Å². The number of rotatable bonds is 2. The Balaban J connectivity index is 1.64. The van der Waals surface area contributed by atoms with Gasteiger partial charge in [-0.15, -0.1) is 0 Å². The predicted molar refractivity (Wildman–Crippen MR) is 94.2 cm³/mol. The van der Waals surface area contributed by atoms with Gasteiger partial charge < -0.3 is 9.72 Å². The van der Waals surface area contributed by atoms with Crippen LogP contribution in [0.2, 0.25) is 0 Å². The van der Waals surface area contributed by atoms with Gasteiger partial charge in [-0.3, -0.25) is 9.69 Å². The molecule has 0 radical (unpaired) electrons. The van der Waals surface area contributed by atoms with Crippen LogP contribution in [0, 0.1) is 0 Å². The highest BCUT2D eigenvalue weighted by atomic mass is 32.1. The Morgan fingerprint density at radius 1 is 1.25 bits per heavy atom. The number of benzene rings is 1. The van der Waals surface area contributed by atoms with Crippen molar-refractivity contribution in [2.24, 2.45) is 0 Å². The van der Waals surface area contributed by atoms with Gasteiger partial charge in [-0.25, -0.2) is 14.8 Å². The van der Waals surface area contributed by atoms with Crippen LogP contribution in [0.25, 0.3) is 10.3 Å². The molecule has 7 nitrogen and oxygen atoms in total. The lowest BCUT2D eigenvalue weighted by Crippen LogP contribution is -2.33. The van der Waals surface area contributed by atoms with Crippen molar-refractivity contribution in [2.75, 3.05) is 6.54 Å². The highest BCUT2D eigenvalue weighted by Crippen LogP contribution is 2.36. The zero-order chi connectivity index (χ0) is 19.9. The highest BCUT2D eigenvalue weighted by Gasteiger charge is 2.37. The summed E-state index contributed by atoms with van der Waals surface area (Å²) in [5, 5.41) is 0.356. The fraction of sp³-hybridized carbons (Fsp3) is 0.294. The zero-order valence-electron chi connectivity index (χ0n) is 14.2. The summed E-state index contributed by atoms with van der Waals surface area (Å²) in [6, 6.07) is 8.05. The number of fused-ring (bicyclic) bond motifs is 1. The number of nitrogens with one attached hydrogen (secondary N) is 1. The second-order valence-corrected chi connectivity index (χ2v) is 7.16. The van der Waals surface area contributed by atoms with Gasteiger partial charge >= 0.3 is 12.3 Å². The fourth-order valence-corrected chi connectivity index (χ4v) is 4.10. The first-order valence-electron chi connectivity index (χ1n) is 8.34. The molecule has 0 unspecified atom stereocenters. The minimum Gasteiger partial charge on any atom is -0.410 e. The molecule has 1 N–H and O–H groups in total. The fourth-order valence-electron chi connectivity index (χ4n) is 3.01. The number of aromatic nitrogens is 3. The Bertz CT molecular complexity index is 1080. The number of H-pyrrole nitrogens is 1. The number of halogens is 3. The number of thiazole rings is 1. The smallest absolute Gasteiger partial charge is 0.410 e. The molecule has 1 aliphatic rings. The average Bonchev–Trinajstić information content (AvgIpc) is 3.28. The number of para-hydroxylation sites is 1. The van der Waals surface area contributed by atoms with E-state index in [9.17, 15) is 22.8 Å². The Hall–Kier alpha value is -2.95. The number of hydrogen-bond donors (Lipinski definition) is 1. The molecule has 1 saturated heterocycles. The monoisotopic (exact) mass is 410 g/mol. The van der Waals surface area contributed by atoms with Gasteiger partial charge in [0, 0.05) is 6.54 Å². The molecule has 3 heterocycles. The number of likely N-dealkylation sites (tertiary alicyclic amines) is 1. The zero-order valence-corrected chi connectivity index (χ0v) is 15.0. The van der Waals surface area contributed by atoms with Gasteiger partial charge in [0.2, 0.25) is 5.82 Å². The van der Waals surface area contributed by atoms with Crippen molar-refractivity contribution in [3.05, 3.63) is 51.5 Å². The molecule has 4 rings (SSSR count). The van der Waals surface area contributed by atoms with E-state index in [2.05, 4.69) is 9.97 Å². The summed E-state index contributed by atoms with van der Waals surface area (Å²) in [6.45, 7) is 0.420. The molecule has 0 bridgehead atoms. The van der Waals surface area contributed by atoms with Crippen molar-refractivity contribution < 1.29 is 22.7 Å². The number of nitrogens with zero attached hydrogens (tertiary/aromatic N) is 3. The number of amides is 1. The minimum absolute atomic E-state index is 0.116. The van der Waals surface area contributed by atoms with E-state index < -0.39 is 29.7 Å². The van der Waals surface area contributed by atoms with Crippen LogP contribution in [0.5, 0.6) is 5.75 Å². The van der Waals surface area contributed by atoms with Crippen molar-refractivity contribution in [3.8, 4) is 5.75 Å². The van der Waals surface area contributed by atoms with E-state index in [4.69, 9.17) is 4.74 Å². The van der Waals surface area contributed by atoms with Crippen molar-refractivity contribution in [1.29, 1.82) is 0 Å². The third-order valence-corrected chi connectivity index (χ3v) is 5.33. The molecular formula is C17H13F3N4O3S. The molecule has 1 fully saturated rings. The van der Waals surface area contributed by atoms with Crippen LogP contribution in [-0.2, 0) is 6.18 Å². The Morgan fingerprint density at radius 2 is 2.00 bits per heavy atom. The summed E-state index contributed by atoms with van der Waals surface area (Å²) in [5.74, 6) is -0.984. The van der Waals surface area contributed by atoms with Crippen LogP contribution >= 0.6 is 11.3 Å². The Labute approximate surface area is 159 Å². The summed E-state index contributed by atoms with van der Waals surface area (Å²) < 4.78 is 43.9. The summed E-state index contributed by atoms with van der Waals surface area (Å²) in [6.07, 6.45) is -4.10. The van der Waals surface area contributed by atoms with E-state index in [1.165, 1.54) is 4.90 Å². The molecule has 28 heavy (non-hydrogen) atoms. The number of carbonyl (C=O) groups is 1. The molecule has 1 amide bonds. The molecule has 1 atom stereocenters. The van der Waals surface area contributed by atoms with Crippen LogP contribution in [0.4, 0.5) is 18.0 Å². The van der Waals surface area contributed by atoms with Gasteiger partial charge in [-0.2, -0.15) is 13.2 Å². The van der Waals surface area contributed by atoms with E-state index in [1.54, 1.807) is 35.3 Å². The summed E-state index contributed by atoms with van der Waals surface area (Å²) >= 11 is 0.875. The maximum absolute atomic E-state index is 12.9. The largest absolute Gasteiger partial charge is 0.449 e. The number of carbonyl (C=O) groups excluding carboxylic acids is 1. The van der Waals surface area contributed by atoms with E-state index >= 15 is 0 Å². The van der Waals surface area contributed by atoms with Gasteiger partial charge in [-0.1, -0.05) is 29.5 Å². The van der Waals surface area contributed by atoms with Gasteiger partial charge in [0.1, 0.15) is 10.8 Å². The van der Waals surface area contributed by atoms with Crippen molar-refractivity contribution in [3.63, 3.8) is 0 Å². The van der Waals surface area contributed by atoms with Crippen molar-refractivity contribution in [1.82, 2.24) is 19.9 Å². The standard InChI is InChI=1S/C17H13F3N4O3S/c18-17(19,20)15-22-12(25)11-14(23-15)28-13(21-11)10-7-4-8-24(10)16(26)27-9-5-2-1-3-6-9/h1-3,5-6,10H,4,7-8H2,(H,22,23,25)/t10-/m1/s1. The third-order valence-electron chi connectivity index (χ3n) is 4.28. The number of alkyl halides is 3. The van der Waals surface area contributed by atoms with Crippen LogP contribution in [0.3, 0.4) is 0 Å². The first-order valence-corrected chi connectivity index (χ1v) is 9.16. The summed E-state index contributed by atoms with van der Waals surface area (Å²) in [5.41, 5.74) is -1.13. The molecule has 11 heteroatoms. The van der Waals surface area contributed by atoms with Crippen molar-refractivity contribution >= 4 is 27.8 Å². The maximum atomic E-state index is 12.9. The first kappa shape index (κ1) is 18.4. The molecule has 0 spiro atoms. The van der Waals surface area contributed by atoms with Crippen LogP contribution in [0.15, 0.2) is 35.1 Å². The predicted octanol–water partition coefficient (Wildman–Crippen LogP) is 3.73. The normalized spacial score (nSPS) is 17.2. The van der Waals surface area contributed by atoms with Crippen LogP contribution < -0.4 is 10.3 Å². The lowest BCUT2D eigenvalue weighted by molar-refractivity contribution is -0.144. The molecule has 2 aromatic heterocycles. The maximum Gasteiger partial charge on any atom is 0.449 e. The molecule has 1 aromatic carbocycles.